The second kappa shape index (κ2) is 12.7. The monoisotopic (exact) mass is 547 g/mol. The molecule has 196 valence electrons. The molecule has 0 saturated heterocycles. The zero-order valence-electron chi connectivity index (χ0n) is 21.5. The molecule has 0 bridgehead atoms. The Morgan fingerprint density at radius 2 is 1.76 bits per heavy atom. The van der Waals surface area contributed by atoms with E-state index in [-0.39, 0.29) is 24.2 Å². The SMILES string of the molecule is CNC(=O)C(CC(=O)c1ccc(OC(C)C)c(Cl)c1)Cc1ccc(-c2csc(Nc3ccccc3)n2)cc1. The number of benzene rings is 3. The average Bonchev–Trinajstić information content (AvgIpc) is 3.38. The van der Waals surface area contributed by atoms with Gasteiger partial charge in [-0.25, -0.2) is 4.98 Å². The van der Waals surface area contributed by atoms with E-state index in [1.165, 1.54) is 0 Å². The van der Waals surface area contributed by atoms with Crippen molar-refractivity contribution in [2.45, 2.75) is 32.8 Å². The van der Waals surface area contributed by atoms with Gasteiger partial charge in [-0.1, -0.05) is 54.1 Å². The van der Waals surface area contributed by atoms with Crippen LogP contribution in [0.15, 0.2) is 78.2 Å². The highest BCUT2D eigenvalue weighted by Gasteiger charge is 2.23. The molecule has 4 aromatic rings. The summed E-state index contributed by atoms with van der Waals surface area (Å²) in [5.74, 6) is -0.299. The van der Waals surface area contributed by atoms with Crippen LogP contribution in [0.1, 0.15) is 36.2 Å². The molecule has 0 saturated carbocycles. The number of thiazole rings is 1. The first kappa shape index (κ1) is 27.4. The highest BCUT2D eigenvalue weighted by Crippen LogP contribution is 2.29. The van der Waals surface area contributed by atoms with E-state index in [0.717, 1.165) is 27.6 Å². The average molecular weight is 548 g/mol. The van der Waals surface area contributed by atoms with Crippen LogP contribution in [0.3, 0.4) is 0 Å². The van der Waals surface area contributed by atoms with Crippen molar-refractivity contribution in [2.75, 3.05) is 12.4 Å². The molecule has 0 radical (unpaired) electrons. The fourth-order valence-electron chi connectivity index (χ4n) is 4.03. The number of nitrogens with one attached hydrogen (secondary N) is 2. The Bertz CT molecular complexity index is 1390. The van der Waals surface area contributed by atoms with Crippen molar-refractivity contribution in [3.8, 4) is 17.0 Å². The van der Waals surface area contributed by atoms with Gasteiger partial charge in [0.1, 0.15) is 5.75 Å². The molecule has 1 heterocycles. The lowest BCUT2D eigenvalue weighted by Crippen LogP contribution is -2.30. The summed E-state index contributed by atoms with van der Waals surface area (Å²) in [7, 11) is 1.58. The second-order valence-corrected chi connectivity index (χ2v) is 10.4. The summed E-state index contributed by atoms with van der Waals surface area (Å²) < 4.78 is 5.65. The molecular weight excluding hydrogens is 518 g/mol. The van der Waals surface area contributed by atoms with Gasteiger partial charge in [-0.15, -0.1) is 11.3 Å². The van der Waals surface area contributed by atoms with Gasteiger partial charge in [0.2, 0.25) is 5.91 Å². The Kier molecular flexibility index (Phi) is 9.15. The molecule has 8 heteroatoms. The second-order valence-electron chi connectivity index (χ2n) is 9.18. The van der Waals surface area contributed by atoms with Crippen LogP contribution in [-0.2, 0) is 11.2 Å². The summed E-state index contributed by atoms with van der Waals surface area (Å²) in [5.41, 5.74) is 4.27. The largest absolute Gasteiger partial charge is 0.489 e. The molecule has 1 aromatic heterocycles. The van der Waals surface area contributed by atoms with Crippen LogP contribution in [0.25, 0.3) is 11.3 Å². The van der Waals surface area contributed by atoms with E-state index >= 15 is 0 Å². The van der Waals surface area contributed by atoms with Gasteiger partial charge in [-0.3, -0.25) is 9.59 Å². The topological polar surface area (TPSA) is 80.3 Å². The van der Waals surface area contributed by atoms with Crippen molar-refractivity contribution in [3.05, 3.63) is 94.3 Å². The van der Waals surface area contributed by atoms with E-state index in [1.54, 1.807) is 36.6 Å². The summed E-state index contributed by atoms with van der Waals surface area (Å²) in [6.45, 7) is 3.82. The molecule has 0 aliphatic heterocycles. The molecule has 1 atom stereocenters. The number of carbonyl (C=O) groups excluding carboxylic acids is 2. The number of hydrogen-bond acceptors (Lipinski definition) is 6. The molecule has 0 aliphatic rings. The number of amides is 1. The smallest absolute Gasteiger partial charge is 0.223 e. The van der Waals surface area contributed by atoms with Crippen LogP contribution in [0, 0.1) is 5.92 Å². The van der Waals surface area contributed by atoms with Crippen molar-refractivity contribution in [1.82, 2.24) is 10.3 Å². The van der Waals surface area contributed by atoms with Gasteiger partial charge in [0.25, 0.3) is 0 Å². The van der Waals surface area contributed by atoms with Crippen LogP contribution in [0.5, 0.6) is 5.75 Å². The molecule has 3 aromatic carbocycles. The Morgan fingerprint density at radius 3 is 2.42 bits per heavy atom. The Labute approximate surface area is 232 Å². The molecule has 0 spiro atoms. The lowest BCUT2D eigenvalue weighted by atomic mass is 9.91. The Morgan fingerprint density at radius 1 is 1.03 bits per heavy atom. The van der Waals surface area contributed by atoms with E-state index in [2.05, 4.69) is 15.6 Å². The summed E-state index contributed by atoms with van der Waals surface area (Å²) >= 11 is 7.86. The minimum Gasteiger partial charge on any atom is -0.489 e. The molecule has 1 unspecified atom stereocenters. The number of rotatable bonds is 11. The summed E-state index contributed by atoms with van der Waals surface area (Å²) in [6, 6.07) is 22.8. The van der Waals surface area contributed by atoms with Crippen LogP contribution in [0.2, 0.25) is 5.02 Å². The van der Waals surface area contributed by atoms with Crippen molar-refractivity contribution in [3.63, 3.8) is 0 Å². The molecule has 0 fully saturated rings. The molecule has 4 rings (SSSR count). The van der Waals surface area contributed by atoms with Gasteiger partial charge in [0, 0.05) is 41.6 Å². The predicted octanol–water partition coefficient (Wildman–Crippen LogP) is 7.17. The fourth-order valence-corrected chi connectivity index (χ4v) is 5.00. The molecule has 2 N–H and O–H groups in total. The zero-order valence-corrected chi connectivity index (χ0v) is 23.1. The van der Waals surface area contributed by atoms with E-state index in [4.69, 9.17) is 16.3 Å². The molecule has 6 nitrogen and oxygen atoms in total. The number of carbonyl (C=O) groups is 2. The quantitative estimate of drug-likeness (QED) is 0.194. The molecule has 1 amide bonds. The highest BCUT2D eigenvalue weighted by atomic mass is 35.5. The first-order valence-electron chi connectivity index (χ1n) is 12.4. The number of anilines is 2. The summed E-state index contributed by atoms with van der Waals surface area (Å²) in [6.07, 6.45) is 0.482. The van der Waals surface area contributed by atoms with Crippen LogP contribution < -0.4 is 15.4 Å². The van der Waals surface area contributed by atoms with Crippen molar-refractivity contribution < 1.29 is 14.3 Å². The number of ether oxygens (including phenoxy) is 1. The van der Waals surface area contributed by atoms with Gasteiger partial charge in [-0.05, 0) is 56.2 Å². The van der Waals surface area contributed by atoms with Crippen LogP contribution >= 0.6 is 22.9 Å². The van der Waals surface area contributed by atoms with E-state index in [1.807, 2.05) is 73.8 Å². The van der Waals surface area contributed by atoms with E-state index < -0.39 is 5.92 Å². The maximum atomic E-state index is 13.0. The van der Waals surface area contributed by atoms with Crippen molar-refractivity contribution in [2.24, 2.45) is 5.92 Å². The maximum absolute atomic E-state index is 13.0. The Balaban J connectivity index is 1.42. The molecule has 0 aliphatic carbocycles. The van der Waals surface area contributed by atoms with E-state index in [0.29, 0.717) is 22.8 Å². The minimum absolute atomic E-state index is 0.0263. The summed E-state index contributed by atoms with van der Waals surface area (Å²) in [4.78, 5) is 30.4. The van der Waals surface area contributed by atoms with Gasteiger partial charge < -0.3 is 15.4 Å². The zero-order chi connectivity index (χ0) is 27.1. The van der Waals surface area contributed by atoms with Crippen molar-refractivity contribution >= 4 is 45.4 Å². The third-order valence-corrected chi connectivity index (χ3v) is 6.98. The number of nitrogens with zero attached hydrogens (tertiary/aromatic N) is 1. The highest BCUT2D eigenvalue weighted by molar-refractivity contribution is 7.14. The lowest BCUT2D eigenvalue weighted by Gasteiger charge is -2.16. The number of aromatic nitrogens is 1. The fraction of sp³-hybridized carbons (Fsp3) is 0.233. The van der Waals surface area contributed by atoms with Gasteiger partial charge in [0.05, 0.1) is 16.8 Å². The maximum Gasteiger partial charge on any atom is 0.223 e. The van der Waals surface area contributed by atoms with Crippen molar-refractivity contribution in [1.29, 1.82) is 0 Å². The standard InChI is InChI=1S/C30H30ClN3O3S/c1-19(2)37-28-14-13-22(16-25(28)31)27(35)17-23(29(36)32-3)15-20-9-11-21(12-10-20)26-18-38-30(34-26)33-24-7-5-4-6-8-24/h4-14,16,18-19,23H,15,17H2,1-3H3,(H,32,36)(H,33,34). The van der Waals surface area contributed by atoms with Crippen LogP contribution in [-0.4, -0.2) is 29.8 Å². The molecular formula is C30H30ClN3O3S. The number of para-hydroxylation sites is 1. The van der Waals surface area contributed by atoms with Crippen LogP contribution in [0.4, 0.5) is 10.8 Å². The number of hydrogen-bond donors (Lipinski definition) is 2. The normalized spacial score (nSPS) is 11.7. The van der Waals surface area contributed by atoms with E-state index in [9.17, 15) is 9.59 Å². The van der Waals surface area contributed by atoms with Gasteiger partial charge in [0.15, 0.2) is 10.9 Å². The minimum atomic E-state index is -0.510. The third-order valence-electron chi connectivity index (χ3n) is 5.93. The first-order valence-corrected chi connectivity index (χ1v) is 13.7. The van der Waals surface area contributed by atoms with Gasteiger partial charge in [-0.2, -0.15) is 0 Å². The molecule has 38 heavy (non-hydrogen) atoms. The first-order chi connectivity index (χ1) is 18.3. The lowest BCUT2D eigenvalue weighted by molar-refractivity contribution is -0.124. The Hall–Kier alpha value is -3.68. The summed E-state index contributed by atoms with van der Waals surface area (Å²) in [5, 5.41) is 9.21. The third kappa shape index (κ3) is 7.21. The number of Topliss-reactive ketones (excluding diaryl/α,β-unsaturated/α-hetero) is 1. The number of halogens is 1. The number of ketones is 1. The predicted molar refractivity (Wildman–Crippen MR) is 155 cm³/mol. The van der Waals surface area contributed by atoms with Gasteiger partial charge >= 0.3 is 0 Å².